The molecular formula is C27H29ClN2O4. The number of halogens is 1. The van der Waals surface area contributed by atoms with Gasteiger partial charge in [0.1, 0.15) is 12.4 Å². The van der Waals surface area contributed by atoms with Crippen molar-refractivity contribution in [2.45, 2.75) is 32.5 Å². The Bertz CT molecular complexity index is 1150. The Kier molecular flexibility index (Phi) is 8.06. The van der Waals surface area contributed by atoms with Crippen LogP contribution in [0.15, 0.2) is 60.7 Å². The molecule has 1 aliphatic heterocycles. The van der Waals surface area contributed by atoms with Crippen LogP contribution in [0.4, 0.5) is 17.1 Å². The number of hydrogen-bond donors (Lipinski definition) is 2. The van der Waals surface area contributed by atoms with Crippen LogP contribution in [0.5, 0.6) is 5.75 Å². The lowest BCUT2D eigenvalue weighted by molar-refractivity contribution is -0.165. The highest BCUT2D eigenvalue weighted by Gasteiger charge is 2.17. The number of hydrogen-bond acceptors (Lipinski definition) is 6. The van der Waals surface area contributed by atoms with Crippen molar-refractivity contribution in [3.63, 3.8) is 0 Å². The predicted octanol–water partition coefficient (Wildman–Crippen LogP) is 6.13. The van der Waals surface area contributed by atoms with Gasteiger partial charge in [0.25, 0.3) is 0 Å². The van der Waals surface area contributed by atoms with E-state index in [9.17, 15) is 4.79 Å². The highest BCUT2D eigenvalue weighted by Crippen LogP contribution is 2.29. The van der Waals surface area contributed by atoms with Crippen LogP contribution in [0.25, 0.3) is 0 Å². The molecule has 34 heavy (non-hydrogen) atoms. The van der Waals surface area contributed by atoms with E-state index in [0.29, 0.717) is 40.8 Å². The number of nitrogens with one attached hydrogen (secondary N) is 1. The van der Waals surface area contributed by atoms with Crippen molar-refractivity contribution < 1.29 is 19.0 Å². The Hall–Kier alpha value is -3.06. The predicted molar refractivity (Wildman–Crippen MR) is 135 cm³/mol. The van der Waals surface area contributed by atoms with Crippen molar-refractivity contribution in [3.8, 4) is 5.75 Å². The van der Waals surface area contributed by atoms with E-state index < -0.39 is 0 Å². The number of anilines is 3. The number of ketones is 1. The summed E-state index contributed by atoms with van der Waals surface area (Å²) in [5, 5.41) is 3.59. The van der Waals surface area contributed by atoms with Gasteiger partial charge in [0.2, 0.25) is 0 Å². The van der Waals surface area contributed by atoms with Crippen molar-refractivity contribution in [2.75, 3.05) is 30.9 Å². The molecule has 3 aromatic carbocycles. The van der Waals surface area contributed by atoms with E-state index in [1.807, 2.05) is 43.3 Å². The van der Waals surface area contributed by atoms with E-state index >= 15 is 0 Å². The molecule has 4 rings (SSSR count). The van der Waals surface area contributed by atoms with Gasteiger partial charge < -0.3 is 25.3 Å². The van der Waals surface area contributed by atoms with Gasteiger partial charge in [0.15, 0.2) is 12.1 Å². The average Bonchev–Trinajstić information content (AvgIpc) is 2.84. The van der Waals surface area contributed by atoms with Gasteiger partial charge in [-0.05, 0) is 80.3 Å². The second-order valence-electron chi connectivity index (χ2n) is 8.23. The van der Waals surface area contributed by atoms with Gasteiger partial charge in [-0.15, -0.1) is 0 Å². The molecule has 1 aliphatic rings. The molecule has 0 amide bonds. The van der Waals surface area contributed by atoms with Crippen LogP contribution in [-0.2, 0) is 9.47 Å². The lowest BCUT2D eigenvalue weighted by Crippen LogP contribution is -2.24. The second-order valence-corrected chi connectivity index (χ2v) is 8.64. The molecule has 3 N–H and O–H groups in total. The minimum Gasteiger partial charge on any atom is -0.491 e. The summed E-state index contributed by atoms with van der Waals surface area (Å²) >= 11 is 6.47. The highest BCUT2D eigenvalue weighted by atomic mass is 35.5. The molecule has 0 radical (unpaired) electrons. The fourth-order valence-corrected chi connectivity index (χ4v) is 4.12. The van der Waals surface area contributed by atoms with E-state index in [1.54, 1.807) is 24.3 Å². The summed E-state index contributed by atoms with van der Waals surface area (Å²) in [5.74, 6) is 0.547. The molecule has 1 fully saturated rings. The Morgan fingerprint density at radius 2 is 1.91 bits per heavy atom. The first-order valence-electron chi connectivity index (χ1n) is 11.4. The fourth-order valence-electron chi connectivity index (χ4n) is 3.85. The third-order valence-electron chi connectivity index (χ3n) is 5.69. The first-order chi connectivity index (χ1) is 16.5. The summed E-state index contributed by atoms with van der Waals surface area (Å²) in [5.41, 5.74) is 9.98. The fraction of sp³-hybridized carbons (Fsp3) is 0.296. The highest BCUT2D eigenvalue weighted by molar-refractivity contribution is 6.35. The molecule has 7 heteroatoms. The zero-order chi connectivity index (χ0) is 23.9. The molecule has 0 saturated carbocycles. The number of rotatable bonds is 9. The van der Waals surface area contributed by atoms with Gasteiger partial charge in [0, 0.05) is 23.4 Å². The van der Waals surface area contributed by atoms with Gasteiger partial charge in [-0.3, -0.25) is 4.79 Å². The number of nitrogens with two attached hydrogens (primary N) is 1. The summed E-state index contributed by atoms with van der Waals surface area (Å²) < 4.78 is 17.0. The van der Waals surface area contributed by atoms with E-state index in [4.69, 9.17) is 31.5 Å². The topological polar surface area (TPSA) is 82.8 Å². The van der Waals surface area contributed by atoms with Crippen LogP contribution in [-0.4, -0.2) is 31.9 Å². The maximum Gasteiger partial charge on any atom is 0.194 e. The van der Waals surface area contributed by atoms with E-state index in [1.165, 1.54) is 0 Å². The van der Waals surface area contributed by atoms with Gasteiger partial charge in [-0.1, -0.05) is 23.7 Å². The summed E-state index contributed by atoms with van der Waals surface area (Å²) in [4.78, 5) is 13.2. The first kappa shape index (κ1) is 24.1. The van der Waals surface area contributed by atoms with Crippen LogP contribution in [0, 0.1) is 6.92 Å². The largest absolute Gasteiger partial charge is 0.491 e. The van der Waals surface area contributed by atoms with Crippen LogP contribution in [0.1, 0.15) is 40.7 Å². The number of carbonyl (C=O) groups excluding carboxylic acids is 1. The zero-order valence-corrected chi connectivity index (χ0v) is 19.9. The number of aryl methyl sites for hydroxylation is 1. The lowest BCUT2D eigenvalue weighted by Gasteiger charge is -2.22. The minimum absolute atomic E-state index is 0.129. The third kappa shape index (κ3) is 6.08. The van der Waals surface area contributed by atoms with Crippen LogP contribution < -0.4 is 15.8 Å². The average molecular weight is 481 g/mol. The van der Waals surface area contributed by atoms with Crippen LogP contribution in [0.2, 0.25) is 5.02 Å². The van der Waals surface area contributed by atoms with E-state index in [-0.39, 0.29) is 12.1 Å². The molecule has 6 nitrogen and oxygen atoms in total. The molecule has 0 aliphatic carbocycles. The Balaban J connectivity index is 1.37. The molecule has 1 saturated heterocycles. The molecule has 1 atom stereocenters. The van der Waals surface area contributed by atoms with E-state index in [2.05, 4.69) is 5.32 Å². The van der Waals surface area contributed by atoms with Gasteiger partial charge >= 0.3 is 0 Å². The van der Waals surface area contributed by atoms with Crippen LogP contribution in [0.3, 0.4) is 0 Å². The maximum absolute atomic E-state index is 13.2. The van der Waals surface area contributed by atoms with Crippen LogP contribution >= 0.6 is 11.6 Å². The first-order valence-corrected chi connectivity index (χ1v) is 11.8. The summed E-state index contributed by atoms with van der Waals surface area (Å²) in [6, 6.07) is 18.1. The molecule has 3 aromatic rings. The van der Waals surface area contributed by atoms with Gasteiger partial charge in [-0.2, -0.15) is 0 Å². The smallest absolute Gasteiger partial charge is 0.194 e. The number of ether oxygens (including phenoxy) is 3. The quantitative estimate of drug-likeness (QED) is 0.218. The molecule has 0 spiro atoms. The third-order valence-corrected chi connectivity index (χ3v) is 6.00. The monoisotopic (exact) mass is 480 g/mol. The normalized spacial score (nSPS) is 15.6. The van der Waals surface area contributed by atoms with Crippen molar-refractivity contribution in [3.05, 3.63) is 82.4 Å². The Morgan fingerprint density at radius 1 is 1.09 bits per heavy atom. The van der Waals surface area contributed by atoms with Crippen molar-refractivity contribution >= 4 is 34.4 Å². The molecule has 0 bridgehead atoms. The molecular weight excluding hydrogens is 452 g/mol. The molecule has 178 valence electrons. The number of nitrogen functional groups attached to an aromatic ring is 1. The minimum atomic E-state index is -0.141. The molecule has 0 aromatic heterocycles. The van der Waals surface area contributed by atoms with Gasteiger partial charge in [-0.25, -0.2) is 0 Å². The lowest BCUT2D eigenvalue weighted by atomic mass is 9.98. The second kappa shape index (κ2) is 11.4. The maximum atomic E-state index is 13.2. The number of carbonyl (C=O) groups is 1. The molecule has 1 unspecified atom stereocenters. The van der Waals surface area contributed by atoms with E-state index in [0.717, 1.165) is 42.8 Å². The van der Waals surface area contributed by atoms with Gasteiger partial charge in [0.05, 0.1) is 23.0 Å². The number of para-hydroxylation sites is 2. The SMILES string of the molecule is Cc1cc(OCCOC2CCCCO2)ccc1C(=O)c1ccc(Nc2ccccc2N)cc1Cl. The summed E-state index contributed by atoms with van der Waals surface area (Å²) in [7, 11) is 0. The number of benzene rings is 3. The standard InChI is InChI=1S/C27H29ClN2O4/c1-18-16-20(32-14-15-34-26-8-4-5-13-33-26)10-12-21(18)27(31)22-11-9-19(17-23(22)28)30-25-7-3-2-6-24(25)29/h2-3,6-7,9-12,16-17,26,30H,4-5,8,13-15,29H2,1H3. The Morgan fingerprint density at radius 3 is 2.65 bits per heavy atom. The zero-order valence-electron chi connectivity index (χ0n) is 19.2. The molecule has 1 heterocycles. The van der Waals surface area contributed by atoms with Crippen molar-refractivity contribution in [1.29, 1.82) is 0 Å². The Labute approximate surface area is 205 Å². The van der Waals surface area contributed by atoms with Crippen molar-refractivity contribution in [1.82, 2.24) is 0 Å². The summed E-state index contributed by atoms with van der Waals surface area (Å²) in [6.07, 6.45) is 3.02. The summed E-state index contributed by atoms with van der Waals surface area (Å²) in [6.45, 7) is 3.51. The van der Waals surface area contributed by atoms with Crippen molar-refractivity contribution in [2.24, 2.45) is 0 Å².